The molecule has 24 heavy (non-hydrogen) atoms. The second kappa shape index (κ2) is 11.1. The molecule has 0 unspecified atom stereocenters. The number of nitrogens with zero attached hydrogens (tertiary/aromatic N) is 1. The van der Waals surface area contributed by atoms with Crippen molar-refractivity contribution in [3.8, 4) is 0 Å². The topological polar surface area (TPSA) is 72.8 Å². The second-order valence-corrected chi connectivity index (χ2v) is 7.56. The molecule has 138 valence electrons. The van der Waals surface area contributed by atoms with E-state index < -0.39 is 10.1 Å². The molecule has 5 nitrogen and oxygen atoms in total. The Morgan fingerprint density at radius 3 is 1.92 bits per heavy atom. The van der Waals surface area contributed by atoms with Gasteiger partial charge in [0.15, 0.2) is 6.29 Å². The number of likely N-dealkylation sites (N-methyl/N-ethyl adjacent to an activating group) is 1. The molecule has 0 aliphatic rings. The van der Waals surface area contributed by atoms with E-state index in [1.807, 2.05) is 32.0 Å². The van der Waals surface area contributed by atoms with Crippen LogP contribution >= 0.6 is 34.8 Å². The first-order valence-corrected chi connectivity index (χ1v) is 8.67. The Hall–Kier alpha value is -0.560. The number of nitrogens with one attached hydrogen (secondary N) is 1. The van der Waals surface area contributed by atoms with Crippen molar-refractivity contribution in [1.29, 1.82) is 0 Å². The Balaban J connectivity index is 0.000000640. The number of benzene rings is 1. The largest absolute Gasteiger partial charge is 0.365 e. The van der Waals surface area contributed by atoms with E-state index in [1.54, 1.807) is 0 Å². The van der Waals surface area contributed by atoms with Gasteiger partial charge in [-0.1, -0.05) is 66.8 Å². The van der Waals surface area contributed by atoms with Crippen LogP contribution < -0.4 is 5.32 Å². The predicted molar refractivity (Wildman–Crippen MR) is 101 cm³/mol. The minimum atomic E-state index is -1.97. The highest BCUT2D eigenvalue weighted by molar-refractivity contribution is 6.67. The summed E-state index contributed by atoms with van der Waals surface area (Å²) in [5.41, 5.74) is 3.17. The zero-order chi connectivity index (χ0) is 18.9. The van der Waals surface area contributed by atoms with E-state index in [0.29, 0.717) is 6.54 Å². The second-order valence-electron chi connectivity index (χ2n) is 5.19. The number of rotatable bonds is 5. The fraction of sp³-hybridized carbons (Fsp3) is 0.562. The molecule has 1 aromatic rings. The molecule has 0 aliphatic heterocycles. The zero-order valence-electron chi connectivity index (χ0n) is 14.3. The number of hydrogen-bond acceptors (Lipinski definition) is 4. The maximum Gasteiger partial charge on any atom is 0.240 e. The fourth-order valence-electron chi connectivity index (χ4n) is 1.84. The van der Waals surface area contributed by atoms with Gasteiger partial charge in [0.05, 0.1) is 6.54 Å². The van der Waals surface area contributed by atoms with Gasteiger partial charge in [0.2, 0.25) is 9.70 Å². The molecule has 0 radical (unpaired) electrons. The van der Waals surface area contributed by atoms with Crippen molar-refractivity contribution >= 4 is 46.4 Å². The molecule has 0 atom stereocenters. The van der Waals surface area contributed by atoms with Gasteiger partial charge in [0, 0.05) is 5.69 Å². The molecule has 8 heteroatoms. The molecule has 3 N–H and O–H groups in total. The highest BCUT2D eigenvalue weighted by atomic mass is 35.6. The molecule has 1 amide bonds. The van der Waals surface area contributed by atoms with E-state index in [9.17, 15) is 4.79 Å². The van der Waals surface area contributed by atoms with Crippen molar-refractivity contribution in [3.63, 3.8) is 0 Å². The van der Waals surface area contributed by atoms with E-state index >= 15 is 0 Å². The van der Waals surface area contributed by atoms with Crippen LogP contribution in [-0.4, -0.2) is 50.7 Å². The number of aryl methyl sites for hydroxylation is 2. The first kappa shape index (κ1) is 23.4. The molecule has 0 aliphatic carbocycles. The third-order valence-electron chi connectivity index (χ3n) is 3.30. The minimum Gasteiger partial charge on any atom is -0.365 e. The third kappa shape index (κ3) is 9.06. The van der Waals surface area contributed by atoms with E-state index in [0.717, 1.165) is 29.9 Å². The van der Waals surface area contributed by atoms with Crippen LogP contribution in [0.1, 0.15) is 25.0 Å². The molecule has 1 rings (SSSR count). The lowest BCUT2D eigenvalue weighted by Gasteiger charge is -2.18. The van der Waals surface area contributed by atoms with Gasteiger partial charge in [-0.2, -0.15) is 0 Å². The lowest BCUT2D eigenvalue weighted by molar-refractivity contribution is -0.117. The molecule has 0 saturated heterocycles. The number of halogens is 3. The summed E-state index contributed by atoms with van der Waals surface area (Å²) in [6, 6.07) is 6.03. The van der Waals surface area contributed by atoms with Crippen molar-refractivity contribution in [3.05, 3.63) is 29.3 Å². The quantitative estimate of drug-likeness (QED) is 0.525. The van der Waals surface area contributed by atoms with Crippen LogP contribution in [0.2, 0.25) is 0 Å². The number of hydrogen-bond donors (Lipinski definition) is 3. The summed E-state index contributed by atoms with van der Waals surface area (Å²) in [5.74, 6) is 0.0612. The molecule has 1 aromatic carbocycles. The van der Waals surface area contributed by atoms with Crippen LogP contribution in [0.25, 0.3) is 0 Å². The Morgan fingerprint density at radius 1 is 1.17 bits per heavy atom. The van der Waals surface area contributed by atoms with Gasteiger partial charge in [-0.05, 0) is 38.1 Å². The van der Waals surface area contributed by atoms with E-state index in [1.165, 1.54) is 0 Å². The molecular formula is C16H25Cl3N2O3. The van der Waals surface area contributed by atoms with E-state index in [2.05, 4.69) is 24.1 Å². The van der Waals surface area contributed by atoms with Crippen LogP contribution in [0.3, 0.4) is 0 Å². The maximum atomic E-state index is 11.9. The highest BCUT2D eigenvalue weighted by Crippen LogP contribution is 2.28. The van der Waals surface area contributed by atoms with E-state index in [4.69, 9.17) is 45.0 Å². The van der Waals surface area contributed by atoms with Gasteiger partial charge in [0.1, 0.15) is 0 Å². The van der Waals surface area contributed by atoms with Crippen LogP contribution in [0, 0.1) is 13.8 Å². The van der Waals surface area contributed by atoms with Crippen LogP contribution in [0.5, 0.6) is 0 Å². The summed E-state index contributed by atoms with van der Waals surface area (Å²) in [4.78, 5) is 14.0. The Bertz CT molecular complexity index is 496. The predicted octanol–water partition coefficient (Wildman–Crippen LogP) is 3.25. The summed E-state index contributed by atoms with van der Waals surface area (Å²) in [6.07, 6.45) is -1.91. The molecule has 0 fully saturated rings. The number of alkyl halides is 3. The zero-order valence-corrected chi connectivity index (χ0v) is 16.6. The summed E-state index contributed by atoms with van der Waals surface area (Å²) < 4.78 is -1.97. The van der Waals surface area contributed by atoms with Crippen LogP contribution in [0.15, 0.2) is 18.2 Å². The van der Waals surface area contributed by atoms with Crippen molar-refractivity contribution in [2.45, 2.75) is 37.8 Å². The first-order valence-electron chi connectivity index (χ1n) is 7.54. The van der Waals surface area contributed by atoms with Crippen molar-refractivity contribution in [2.24, 2.45) is 0 Å². The lowest BCUT2D eigenvalue weighted by atomic mass is 10.1. The maximum absolute atomic E-state index is 11.9. The van der Waals surface area contributed by atoms with Crippen molar-refractivity contribution in [1.82, 2.24) is 4.90 Å². The molecule has 0 heterocycles. The van der Waals surface area contributed by atoms with Gasteiger partial charge in [-0.3, -0.25) is 9.69 Å². The standard InChI is InChI=1S/C14H22N2O.C2H3Cl3O2/c1-5-16(6-2)10-13(17)15-14-11(3)8-7-9-12(14)4;3-2(4,5)1(6)7/h7-9H,5-6,10H2,1-4H3,(H,15,17);1,6-7H. The van der Waals surface area contributed by atoms with Crippen LogP contribution in [-0.2, 0) is 4.79 Å². The number of para-hydroxylation sites is 1. The normalized spacial score (nSPS) is 11.3. The number of carbonyl (C=O) groups is 1. The van der Waals surface area contributed by atoms with Gasteiger partial charge in [0.25, 0.3) is 0 Å². The van der Waals surface area contributed by atoms with Crippen molar-refractivity contribution < 1.29 is 15.0 Å². The van der Waals surface area contributed by atoms with Gasteiger partial charge in [-0.25, -0.2) is 0 Å². The molecular weight excluding hydrogens is 375 g/mol. The molecule has 0 spiro atoms. The monoisotopic (exact) mass is 398 g/mol. The number of amides is 1. The summed E-state index contributed by atoms with van der Waals surface area (Å²) >= 11 is 14.7. The number of aliphatic hydroxyl groups is 2. The summed E-state index contributed by atoms with van der Waals surface area (Å²) in [7, 11) is 0. The Labute approximate surface area is 158 Å². The Kier molecular flexibility index (Phi) is 10.9. The smallest absolute Gasteiger partial charge is 0.240 e. The van der Waals surface area contributed by atoms with Crippen molar-refractivity contribution in [2.75, 3.05) is 25.0 Å². The lowest BCUT2D eigenvalue weighted by Crippen LogP contribution is -2.33. The minimum absolute atomic E-state index is 0.0612. The molecule has 0 bridgehead atoms. The number of anilines is 1. The average molecular weight is 400 g/mol. The van der Waals surface area contributed by atoms with Gasteiger partial charge in [-0.15, -0.1) is 0 Å². The van der Waals surface area contributed by atoms with Gasteiger partial charge < -0.3 is 15.5 Å². The fourth-order valence-corrected chi connectivity index (χ4v) is 1.84. The van der Waals surface area contributed by atoms with Gasteiger partial charge >= 0.3 is 0 Å². The number of carbonyl (C=O) groups excluding carboxylic acids is 1. The third-order valence-corrected chi connectivity index (χ3v) is 3.89. The summed E-state index contributed by atoms with van der Waals surface area (Å²) in [5, 5.41) is 19.1. The molecule has 0 aromatic heterocycles. The SMILES string of the molecule is CCN(CC)CC(=O)Nc1c(C)cccc1C.OC(O)C(Cl)(Cl)Cl. The summed E-state index contributed by atoms with van der Waals surface area (Å²) in [6.45, 7) is 10.4. The van der Waals surface area contributed by atoms with E-state index in [-0.39, 0.29) is 5.91 Å². The number of aliphatic hydroxyl groups excluding tert-OH is 1. The molecule has 0 saturated carbocycles. The average Bonchev–Trinajstić information content (AvgIpc) is 2.48. The first-order chi connectivity index (χ1) is 11.0. The highest BCUT2D eigenvalue weighted by Gasteiger charge is 2.28. The Morgan fingerprint density at radius 2 is 1.58 bits per heavy atom. The van der Waals surface area contributed by atoms with Crippen LogP contribution in [0.4, 0.5) is 5.69 Å².